The predicted octanol–water partition coefficient (Wildman–Crippen LogP) is 4.18. The molecule has 7 nitrogen and oxygen atoms in total. The molecule has 0 saturated carbocycles. The molecule has 0 aromatic heterocycles. The number of alkyl carbamates (subject to hydrolysis) is 1. The number of carbonyl (C=O) groups is 3. The second-order valence-corrected chi connectivity index (χ2v) is 10.1. The minimum absolute atomic E-state index is 0.288. The Morgan fingerprint density at radius 2 is 1.54 bits per heavy atom. The fourth-order valence-corrected chi connectivity index (χ4v) is 3.60. The van der Waals surface area contributed by atoms with Crippen LogP contribution in [0.1, 0.15) is 64.3 Å². The van der Waals surface area contributed by atoms with Gasteiger partial charge in [-0.25, -0.2) is 4.79 Å². The van der Waals surface area contributed by atoms with Crippen molar-refractivity contribution in [1.29, 1.82) is 0 Å². The molecular formula is C28H35N3O4. The van der Waals surface area contributed by atoms with E-state index < -0.39 is 29.2 Å². The first-order valence-electron chi connectivity index (χ1n) is 11.5. The molecule has 0 aliphatic heterocycles. The Balaban J connectivity index is 2.40. The molecule has 1 atom stereocenters. The molecule has 0 spiro atoms. The highest BCUT2D eigenvalue weighted by Crippen LogP contribution is 2.31. The fraction of sp³-hybridized carbons (Fsp3) is 0.393. The maximum absolute atomic E-state index is 13.6. The molecule has 186 valence electrons. The number of hydrogen-bond acceptors (Lipinski definition) is 4. The van der Waals surface area contributed by atoms with Gasteiger partial charge < -0.3 is 20.3 Å². The molecule has 3 amide bonds. The van der Waals surface area contributed by atoms with Gasteiger partial charge in [0, 0.05) is 17.6 Å². The quantitative estimate of drug-likeness (QED) is 0.586. The van der Waals surface area contributed by atoms with Gasteiger partial charge in [-0.15, -0.1) is 6.42 Å². The van der Waals surface area contributed by atoms with Crippen LogP contribution < -0.4 is 10.6 Å². The Morgan fingerprint density at radius 3 is 2.11 bits per heavy atom. The van der Waals surface area contributed by atoms with E-state index in [1.165, 1.54) is 4.90 Å². The lowest BCUT2D eigenvalue weighted by molar-refractivity contribution is -0.146. The van der Waals surface area contributed by atoms with Crippen LogP contribution in [0.4, 0.5) is 4.79 Å². The van der Waals surface area contributed by atoms with Gasteiger partial charge in [0.2, 0.25) is 11.8 Å². The summed E-state index contributed by atoms with van der Waals surface area (Å²) in [4.78, 5) is 40.7. The van der Waals surface area contributed by atoms with Crippen molar-refractivity contribution in [1.82, 2.24) is 15.5 Å². The Kier molecular flexibility index (Phi) is 9.07. The van der Waals surface area contributed by atoms with Crippen molar-refractivity contribution < 1.29 is 19.1 Å². The number of amides is 3. The van der Waals surface area contributed by atoms with E-state index in [-0.39, 0.29) is 19.0 Å². The van der Waals surface area contributed by atoms with Gasteiger partial charge >= 0.3 is 6.09 Å². The SMILES string of the molecule is C#Cc1ccccc1C(C(=O)NCc1ccccc1)N(C(=O)CNC(=O)OC(C)(C)C)C(C)(C)C. The lowest BCUT2D eigenvalue weighted by Gasteiger charge is -2.41. The highest BCUT2D eigenvalue weighted by molar-refractivity contribution is 5.91. The van der Waals surface area contributed by atoms with Crippen molar-refractivity contribution in [3.8, 4) is 12.3 Å². The Morgan fingerprint density at radius 1 is 0.943 bits per heavy atom. The van der Waals surface area contributed by atoms with Gasteiger partial charge in [-0.2, -0.15) is 0 Å². The molecule has 7 heteroatoms. The number of carbonyl (C=O) groups excluding carboxylic acids is 3. The van der Waals surface area contributed by atoms with Crippen LogP contribution in [0.2, 0.25) is 0 Å². The Labute approximate surface area is 208 Å². The minimum atomic E-state index is -1.01. The summed E-state index contributed by atoms with van der Waals surface area (Å²) in [7, 11) is 0. The first-order chi connectivity index (χ1) is 16.3. The summed E-state index contributed by atoms with van der Waals surface area (Å²) in [5.41, 5.74) is 0.478. The molecule has 1 unspecified atom stereocenters. The number of terminal acetylenes is 1. The van der Waals surface area contributed by atoms with Crippen molar-refractivity contribution >= 4 is 17.9 Å². The number of benzene rings is 2. The van der Waals surface area contributed by atoms with E-state index in [0.717, 1.165) is 5.56 Å². The van der Waals surface area contributed by atoms with Gasteiger partial charge in [0.15, 0.2) is 0 Å². The van der Waals surface area contributed by atoms with Crippen molar-refractivity contribution in [3.63, 3.8) is 0 Å². The van der Waals surface area contributed by atoms with Gasteiger partial charge in [0.1, 0.15) is 18.2 Å². The van der Waals surface area contributed by atoms with Gasteiger partial charge in [0.05, 0.1) is 0 Å². The zero-order chi connectivity index (χ0) is 26.2. The van der Waals surface area contributed by atoms with E-state index in [9.17, 15) is 14.4 Å². The average molecular weight is 478 g/mol. The summed E-state index contributed by atoms with van der Waals surface area (Å²) in [6.45, 7) is 10.6. The van der Waals surface area contributed by atoms with E-state index in [4.69, 9.17) is 11.2 Å². The number of ether oxygens (including phenoxy) is 1. The van der Waals surface area contributed by atoms with Gasteiger partial charge in [0.25, 0.3) is 0 Å². The van der Waals surface area contributed by atoms with E-state index in [2.05, 4.69) is 16.6 Å². The van der Waals surface area contributed by atoms with Crippen LogP contribution in [0, 0.1) is 12.3 Å². The Hall–Kier alpha value is -3.79. The third-order valence-electron chi connectivity index (χ3n) is 5.00. The molecule has 2 aromatic carbocycles. The summed E-state index contributed by atoms with van der Waals surface area (Å²) < 4.78 is 5.24. The third-order valence-corrected chi connectivity index (χ3v) is 5.00. The summed E-state index contributed by atoms with van der Waals surface area (Å²) in [5.74, 6) is 1.79. The molecule has 0 aliphatic rings. The number of rotatable bonds is 7. The molecule has 0 heterocycles. The first-order valence-corrected chi connectivity index (χ1v) is 11.5. The van der Waals surface area contributed by atoms with Gasteiger partial charge in [-0.3, -0.25) is 9.59 Å². The third kappa shape index (κ3) is 8.18. The maximum atomic E-state index is 13.6. The molecule has 2 rings (SSSR count). The van der Waals surface area contributed by atoms with Crippen LogP contribution in [-0.2, 0) is 20.9 Å². The predicted molar refractivity (Wildman–Crippen MR) is 136 cm³/mol. The highest BCUT2D eigenvalue weighted by Gasteiger charge is 2.39. The van der Waals surface area contributed by atoms with Crippen LogP contribution in [0.15, 0.2) is 54.6 Å². The molecule has 0 saturated heterocycles. The van der Waals surface area contributed by atoms with Crippen molar-refractivity contribution in [2.45, 2.75) is 65.3 Å². The summed E-state index contributed by atoms with van der Waals surface area (Å²) in [6.07, 6.45) is 5.02. The monoisotopic (exact) mass is 477 g/mol. The smallest absolute Gasteiger partial charge is 0.408 e. The minimum Gasteiger partial charge on any atom is -0.444 e. The summed E-state index contributed by atoms with van der Waals surface area (Å²) in [6, 6.07) is 15.5. The van der Waals surface area contributed by atoms with Crippen molar-refractivity contribution in [2.24, 2.45) is 0 Å². The van der Waals surface area contributed by atoms with Crippen LogP contribution >= 0.6 is 0 Å². The van der Waals surface area contributed by atoms with Gasteiger partial charge in [-0.05, 0) is 58.7 Å². The van der Waals surface area contributed by atoms with Crippen LogP contribution in [-0.4, -0.2) is 40.5 Å². The largest absolute Gasteiger partial charge is 0.444 e. The lowest BCUT2D eigenvalue weighted by atomic mass is 9.93. The van der Waals surface area contributed by atoms with Crippen LogP contribution in [0.3, 0.4) is 0 Å². The first kappa shape index (κ1) is 27.5. The maximum Gasteiger partial charge on any atom is 0.408 e. The summed E-state index contributed by atoms with van der Waals surface area (Å²) in [5, 5.41) is 5.44. The molecule has 0 radical (unpaired) electrons. The zero-order valence-corrected chi connectivity index (χ0v) is 21.3. The Bertz CT molecular complexity index is 1080. The zero-order valence-electron chi connectivity index (χ0n) is 21.3. The van der Waals surface area contributed by atoms with E-state index in [1.807, 2.05) is 51.1 Å². The normalized spacial score (nSPS) is 12.1. The van der Waals surface area contributed by atoms with Crippen molar-refractivity contribution in [3.05, 3.63) is 71.3 Å². The molecular weight excluding hydrogens is 442 g/mol. The van der Waals surface area contributed by atoms with E-state index >= 15 is 0 Å². The van der Waals surface area contributed by atoms with E-state index in [1.54, 1.807) is 45.0 Å². The molecule has 35 heavy (non-hydrogen) atoms. The van der Waals surface area contributed by atoms with Gasteiger partial charge in [-0.1, -0.05) is 54.5 Å². The molecule has 0 fully saturated rings. The summed E-state index contributed by atoms with van der Waals surface area (Å²) >= 11 is 0. The second kappa shape index (κ2) is 11.6. The standard InChI is InChI=1S/C28H35N3O4/c1-8-21-16-12-13-17-22(21)24(25(33)29-18-20-14-10-9-11-15-20)31(27(2,3)4)23(32)19-30-26(34)35-28(5,6)7/h1,9-17,24H,18-19H2,2-7H3,(H,29,33)(H,30,34). The second-order valence-electron chi connectivity index (χ2n) is 10.1. The van der Waals surface area contributed by atoms with Crippen LogP contribution in [0.5, 0.6) is 0 Å². The topological polar surface area (TPSA) is 87.7 Å². The lowest BCUT2D eigenvalue weighted by Crippen LogP contribution is -2.55. The number of hydrogen-bond donors (Lipinski definition) is 2. The molecule has 2 aromatic rings. The number of nitrogens with one attached hydrogen (secondary N) is 2. The molecule has 2 N–H and O–H groups in total. The number of nitrogens with zero attached hydrogens (tertiary/aromatic N) is 1. The fourth-order valence-electron chi connectivity index (χ4n) is 3.60. The van der Waals surface area contributed by atoms with E-state index in [0.29, 0.717) is 11.1 Å². The molecule has 0 bridgehead atoms. The van der Waals surface area contributed by atoms with Crippen LogP contribution in [0.25, 0.3) is 0 Å². The average Bonchev–Trinajstić information content (AvgIpc) is 2.78. The van der Waals surface area contributed by atoms with Crippen molar-refractivity contribution in [2.75, 3.05) is 6.54 Å². The highest BCUT2D eigenvalue weighted by atomic mass is 16.6. The molecule has 0 aliphatic carbocycles.